The van der Waals surface area contributed by atoms with Crippen molar-refractivity contribution >= 4 is 12.0 Å². The van der Waals surface area contributed by atoms with E-state index in [4.69, 9.17) is 4.74 Å². The Morgan fingerprint density at radius 1 is 1.57 bits per heavy atom. The van der Waals surface area contributed by atoms with Crippen molar-refractivity contribution < 1.29 is 9.53 Å². The average molecular weight is 189 g/mol. The van der Waals surface area contributed by atoms with Gasteiger partial charge in [0.2, 0.25) is 0 Å². The number of carbonyl (C=O) groups excluding carboxylic acids is 1. The highest BCUT2D eigenvalue weighted by atomic mass is 16.5. The molecule has 0 saturated heterocycles. The summed E-state index contributed by atoms with van der Waals surface area (Å²) >= 11 is 0. The van der Waals surface area contributed by atoms with E-state index >= 15 is 0 Å². The molecule has 72 valence electrons. The standard InChI is InChI=1S/C11H11NO2/c1-8(13)14-10-6-9-4-2-3-5-11(9)12-7-10/h2,4,6-7H,3,5H2,1H3. The number of allylic oxidation sites excluding steroid dienone is 1. The van der Waals surface area contributed by atoms with Crippen LogP contribution >= 0.6 is 0 Å². The first kappa shape index (κ1) is 8.94. The summed E-state index contributed by atoms with van der Waals surface area (Å²) in [6.45, 7) is 1.38. The number of fused-ring (bicyclic) bond motifs is 1. The summed E-state index contributed by atoms with van der Waals surface area (Å²) < 4.78 is 4.94. The smallest absolute Gasteiger partial charge is 0.308 e. The summed E-state index contributed by atoms with van der Waals surface area (Å²) in [6.07, 6.45) is 7.71. The number of nitrogens with zero attached hydrogens (tertiary/aromatic N) is 1. The fourth-order valence-corrected chi connectivity index (χ4v) is 1.50. The molecule has 0 unspecified atom stereocenters. The zero-order chi connectivity index (χ0) is 9.97. The van der Waals surface area contributed by atoms with Crippen molar-refractivity contribution in [2.45, 2.75) is 19.8 Å². The lowest BCUT2D eigenvalue weighted by molar-refractivity contribution is -0.131. The van der Waals surface area contributed by atoms with Crippen LogP contribution in [0.4, 0.5) is 0 Å². The predicted octanol–water partition coefficient (Wildman–Crippen LogP) is 1.97. The van der Waals surface area contributed by atoms with Crippen molar-refractivity contribution in [3.63, 3.8) is 0 Å². The number of hydrogen-bond donors (Lipinski definition) is 0. The molecule has 0 amide bonds. The first-order valence-electron chi connectivity index (χ1n) is 4.59. The van der Waals surface area contributed by atoms with Gasteiger partial charge in [-0.25, -0.2) is 0 Å². The molecule has 1 heterocycles. The van der Waals surface area contributed by atoms with E-state index in [1.165, 1.54) is 6.92 Å². The third kappa shape index (κ3) is 1.82. The van der Waals surface area contributed by atoms with E-state index < -0.39 is 0 Å². The second-order valence-corrected chi connectivity index (χ2v) is 3.24. The third-order valence-corrected chi connectivity index (χ3v) is 2.09. The molecule has 3 nitrogen and oxygen atoms in total. The minimum Gasteiger partial charge on any atom is -0.425 e. The Labute approximate surface area is 82.4 Å². The monoisotopic (exact) mass is 189 g/mol. The Bertz CT molecular complexity index is 396. The van der Waals surface area contributed by atoms with Crippen LogP contribution in [0.25, 0.3) is 6.08 Å². The Hall–Kier alpha value is -1.64. The Morgan fingerprint density at radius 2 is 2.43 bits per heavy atom. The fraction of sp³-hybridized carbons (Fsp3) is 0.273. The molecule has 3 heteroatoms. The summed E-state index contributed by atoms with van der Waals surface area (Å²) in [7, 11) is 0. The third-order valence-electron chi connectivity index (χ3n) is 2.09. The van der Waals surface area contributed by atoms with Crippen LogP contribution in [0.2, 0.25) is 0 Å². The molecule has 0 N–H and O–H groups in total. The average Bonchev–Trinajstić information content (AvgIpc) is 2.17. The molecule has 0 bridgehead atoms. The molecule has 1 aliphatic rings. The maximum absolute atomic E-state index is 10.7. The molecule has 0 fully saturated rings. The summed E-state index contributed by atoms with van der Waals surface area (Å²) in [4.78, 5) is 15.0. The molecule has 0 radical (unpaired) electrons. The van der Waals surface area contributed by atoms with Gasteiger partial charge in [0.25, 0.3) is 0 Å². The van der Waals surface area contributed by atoms with Crippen LogP contribution in [-0.4, -0.2) is 11.0 Å². The zero-order valence-corrected chi connectivity index (χ0v) is 7.99. The van der Waals surface area contributed by atoms with Crippen LogP contribution in [0, 0.1) is 0 Å². The van der Waals surface area contributed by atoms with Gasteiger partial charge in [-0.1, -0.05) is 12.2 Å². The minimum atomic E-state index is -0.313. The quantitative estimate of drug-likeness (QED) is 0.634. The number of aromatic nitrogens is 1. The molecule has 1 aromatic heterocycles. The van der Waals surface area contributed by atoms with Gasteiger partial charge in [0.1, 0.15) is 5.75 Å². The normalized spacial score (nSPS) is 13.5. The number of esters is 1. The van der Waals surface area contributed by atoms with Gasteiger partial charge in [-0.3, -0.25) is 9.78 Å². The molecule has 0 aliphatic heterocycles. The number of carbonyl (C=O) groups is 1. The van der Waals surface area contributed by atoms with E-state index in [9.17, 15) is 4.79 Å². The van der Waals surface area contributed by atoms with Crippen molar-refractivity contribution in [1.29, 1.82) is 0 Å². The van der Waals surface area contributed by atoms with Crippen molar-refractivity contribution in [2.24, 2.45) is 0 Å². The number of aryl methyl sites for hydroxylation is 1. The Morgan fingerprint density at radius 3 is 3.21 bits per heavy atom. The maximum atomic E-state index is 10.7. The van der Waals surface area contributed by atoms with E-state index in [1.807, 2.05) is 12.1 Å². The van der Waals surface area contributed by atoms with Crippen LogP contribution in [0.3, 0.4) is 0 Å². The molecule has 1 aromatic rings. The Kier molecular flexibility index (Phi) is 2.31. The molecule has 2 rings (SSSR count). The highest BCUT2D eigenvalue weighted by Gasteiger charge is 2.07. The largest absolute Gasteiger partial charge is 0.425 e. The topological polar surface area (TPSA) is 39.2 Å². The van der Waals surface area contributed by atoms with Crippen LogP contribution in [0.15, 0.2) is 18.3 Å². The van der Waals surface area contributed by atoms with Crippen LogP contribution in [0.5, 0.6) is 5.75 Å². The zero-order valence-electron chi connectivity index (χ0n) is 7.99. The lowest BCUT2D eigenvalue weighted by Gasteiger charge is -2.10. The van der Waals surface area contributed by atoms with Crippen molar-refractivity contribution in [3.05, 3.63) is 29.6 Å². The van der Waals surface area contributed by atoms with Gasteiger partial charge in [0.05, 0.1) is 6.20 Å². The summed E-state index contributed by atoms with van der Waals surface area (Å²) in [6, 6.07) is 1.85. The lowest BCUT2D eigenvalue weighted by Crippen LogP contribution is -2.04. The minimum absolute atomic E-state index is 0.313. The SMILES string of the molecule is CC(=O)Oc1cnc2c(c1)C=CCC2. The maximum Gasteiger partial charge on any atom is 0.308 e. The molecule has 0 spiro atoms. The van der Waals surface area contributed by atoms with E-state index in [2.05, 4.69) is 11.1 Å². The van der Waals surface area contributed by atoms with E-state index in [-0.39, 0.29) is 5.97 Å². The first-order chi connectivity index (χ1) is 6.75. The Balaban J connectivity index is 2.30. The van der Waals surface area contributed by atoms with Crippen molar-refractivity contribution in [1.82, 2.24) is 4.98 Å². The number of hydrogen-bond acceptors (Lipinski definition) is 3. The number of ether oxygens (including phenoxy) is 1. The van der Waals surface area contributed by atoms with Gasteiger partial charge in [-0.05, 0) is 24.5 Å². The van der Waals surface area contributed by atoms with E-state index in [0.29, 0.717) is 5.75 Å². The second kappa shape index (κ2) is 3.62. The van der Waals surface area contributed by atoms with E-state index in [1.54, 1.807) is 6.20 Å². The first-order valence-corrected chi connectivity index (χ1v) is 4.59. The molecule has 0 saturated carbocycles. The molecular weight excluding hydrogens is 178 g/mol. The van der Waals surface area contributed by atoms with Crippen LogP contribution in [-0.2, 0) is 11.2 Å². The fourth-order valence-electron chi connectivity index (χ4n) is 1.50. The van der Waals surface area contributed by atoms with Crippen molar-refractivity contribution in [2.75, 3.05) is 0 Å². The second-order valence-electron chi connectivity index (χ2n) is 3.24. The molecule has 0 atom stereocenters. The van der Waals surface area contributed by atoms with E-state index in [0.717, 1.165) is 24.1 Å². The van der Waals surface area contributed by atoms with Gasteiger partial charge >= 0.3 is 5.97 Å². The van der Waals surface area contributed by atoms with Gasteiger partial charge in [0, 0.05) is 12.6 Å². The highest BCUT2D eigenvalue weighted by Crippen LogP contribution is 2.21. The summed E-state index contributed by atoms with van der Waals surface area (Å²) in [5, 5.41) is 0. The molecule has 14 heavy (non-hydrogen) atoms. The molecule has 1 aliphatic carbocycles. The van der Waals surface area contributed by atoms with Crippen molar-refractivity contribution in [3.8, 4) is 5.75 Å². The molecule has 0 aromatic carbocycles. The van der Waals surface area contributed by atoms with Crippen LogP contribution in [0.1, 0.15) is 24.6 Å². The lowest BCUT2D eigenvalue weighted by atomic mass is 10.0. The van der Waals surface area contributed by atoms with Gasteiger partial charge in [0.15, 0.2) is 0 Å². The summed E-state index contributed by atoms with van der Waals surface area (Å²) in [5.74, 6) is 0.203. The highest BCUT2D eigenvalue weighted by molar-refractivity contribution is 5.69. The van der Waals surface area contributed by atoms with Gasteiger partial charge in [-0.15, -0.1) is 0 Å². The number of pyridine rings is 1. The van der Waals surface area contributed by atoms with Crippen LogP contribution < -0.4 is 4.74 Å². The summed E-state index contributed by atoms with van der Waals surface area (Å²) in [5.41, 5.74) is 2.12. The molecular formula is C11H11NO2. The predicted molar refractivity (Wildman–Crippen MR) is 52.9 cm³/mol. The van der Waals surface area contributed by atoms with Gasteiger partial charge < -0.3 is 4.74 Å². The number of rotatable bonds is 1. The van der Waals surface area contributed by atoms with Gasteiger partial charge in [-0.2, -0.15) is 0 Å².